The Bertz CT molecular complexity index is 669. The number of carbonyl (C=O) groups is 1. The van der Waals surface area contributed by atoms with Crippen molar-refractivity contribution in [3.8, 4) is 0 Å². The van der Waals surface area contributed by atoms with Gasteiger partial charge in [0, 0.05) is 16.1 Å². The van der Waals surface area contributed by atoms with Crippen LogP contribution in [0.1, 0.15) is 32.1 Å². The molecule has 2 aromatic rings. The van der Waals surface area contributed by atoms with E-state index >= 15 is 0 Å². The molecule has 0 bridgehead atoms. The van der Waals surface area contributed by atoms with Gasteiger partial charge in [-0.25, -0.2) is 0 Å². The fourth-order valence-corrected chi connectivity index (χ4v) is 3.66. The smallest absolute Gasteiger partial charge is 0.265 e. The Morgan fingerprint density at radius 3 is 2.90 bits per heavy atom. The third-order valence-electron chi connectivity index (χ3n) is 3.38. The lowest BCUT2D eigenvalue weighted by Gasteiger charge is -2.05. The lowest BCUT2D eigenvalue weighted by atomic mass is 10.2. The fraction of sp³-hybridized carbons (Fsp3) is 0.200. The van der Waals surface area contributed by atoms with Crippen molar-refractivity contribution >= 4 is 40.1 Å². The van der Waals surface area contributed by atoms with Gasteiger partial charge in [-0.05, 0) is 43.0 Å². The van der Waals surface area contributed by atoms with Gasteiger partial charge in [-0.2, -0.15) is 0 Å². The molecular weight excluding hydrogens is 288 g/mol. The Kier molecular flexibility index (Phi) is 3.54. The summed E-state index contributed by atoms with van der Waals surface area (Å²) in [5.41, 5.74) is 8.40. The van der Waals surface area contributed by atoms with Crippen molar-refractivity contribution in [2.75, 3.05) is 5.32 Å². The molecule has 1 amide bonds. The van der Waals surface area contributed by atoms with E-state index in [0.717, 1.165) is 23.3 Å². The lowest BCUT2D eigenvalue weighted by molar-refractivity contribution is 0.103. The van der Waals surface area contributed by atoms with Crippen LogP contribution in [0.15, 0.2) is 30.3 Å². The molecule has 0 atom stereocenters. The average molecular weight is 302 g/mol. The molecule has 1 aliphatic carbocycles. The molecule has 1 aromatic heterocycles. The molecule has 0 saturated carbocycles. The Morgan fingerprint density at radius 1 is 1.30 bits per heavy atom. The van der Waals surface area contributed by atoms with Crippen LogP contribution in [-0.4, -0.2) is 10.9 Å². The Morgan fingerprint density at radius 2 is 2.15 bits per heavy atom. The molecule has 0 saturated heterocycles. The third kappa shape index (κ3) is 2.59. The van der Waals surface area contributed by atoms with E-state index in [0.29, 0.717) is 10.7 Å². The average Bonchev–Trinajstić information content (AvgIpc) is 2.99. The number of hydrogen-bond acceptors (Lipinski definition) is 3. The number of hydrogen-bond donors (Lipinski definition) is 2. The molecule has 5 heteroatoms. The monoisotopic (exact) mass is 302 g/mol. The maximum Gasteiger partial charge on any atom is 0.265 e. The van der Waals surface area contributed by atoms with Gasteiger partial charge < -0.3 is 11.1 Å². The van der Waals surface area contributed by atoms with Crippen LogP contribution < -0.4 is 11.1 Å². The number of nitrogens with two attached hydrogens (primary N) is 1. The summed E-state index contributed by atoms with van der Waals surface area (Å²) in [7, 11) is 0. The number of amides is 1. The summed E-state index contributed by atoms with van der Waals surface area (Å²) in [6.45, 7) is 0. The molecular formula is C15H14N2OS2. The number of rotatable bonds is 3. The van der Waals surface area contributed by atoms with Crippen LogP contribution in [0.2, 0.25) is 0 Å². The van der Waals surface area contributed by atoms with E-state index in [1.54, 1.807) is 17.4 Å². The van der Waals surface area contributed by atoms with Gasteiger partial charge in [0.2, 0.25) is 0 Å². The van der Waals surface area contributed by atoms with E-state index in [9.17, 15) is 4.79 Å². The van der Waals surface area contributed by atoms with Crippen LogP contribution in [0.4, 0.5) is 5.69 Å². The van der Waals surface area contributed by atoms with Gasteiger partial charge >= 0.3 is 0 Å². The van der Waals surface area contributed by atoms with Crippen LogP contribution in [0, 0.1) is 0 Å². The lowest BCUT2D eigenvalue weighted by Crippen LogP contribution is -2.13. The number of carbonyl (C=O) groups excluding carboxylic acids is 1. The number of benzene rings is 1. The summed E-state index contributed by atoms with van der Waals surface area (Å²) in [6, 6.07) is 9.30. The maximum atomic E-state index is 12.2. The van der Waals surface area contributed by atoms with E-state index in [4.69, 9.17) is 18.0 Å². The fourth-order valence-electron chi connectivity index (χ4n) is 2.38. The Balaban J connectivity index is 1.78. The molecule has 3 N–H and O–H groups in total. The summed E-state index contributed by atoms with van der Waals surface area (Å²) in [4.78, 5) is 14.7. The second-order valence-electron chi connectivity index (χ2n) is 4.81. The first-order valence-electron chi connectivity index (χ1n) is 6.46. The van der Waals surface area contributed by atoms with E-state index in [1.165, 1.54) is 16.9 Å². The molecule has 0 unspecified atom stereocenters. The minimum Gasteiger partial charge on any atom is -0.389 e. The maximum absolute atomic E-state index is 12.2. The minimum atomic E-state index is -0.0653. The number of thiocarbonyl (C=S) groups is 1. The highest BCUT2D eigenvalue weighted by Crippen LogP contribution is 2.31. The third-order valence-corrected chi connectivity index (χ3v) is 4.85. The van der Waals surface area contributed by atoms with Crippen LogP contribution in [-0.2, 0) is 12.8 Å². The van der Waals surface area contributed by atoms with E-state index in [1.807, 2.05) is 24.3 Å². The van der Waals surface area contributed by atoms with Crippen LogP contribution >= 0.6 is 23.6 Å². The quantitative estimate of drug-likeness (QED) is 0.857. The van der Waals surface area contributed by atoms with Crippen LogP contribution in [0.3, 0.4) is 0 Å². The number of nitrogens with one attached hydrogen (secondary N) is 1. The molecule has 1 aromatic carbocycles. The highest BCUT2D eigenvalue weighted by Gasteiger charge is 2.18. The minimum absolute atomic E-state index is 0.0653. The summed E-state index contributed by atoms with van der Waals surface area (Å²) < 4.78 is 0. The highest BCUT2D eigenvalue weighted by atomic mass is 32.1. The van der Waals surface area contributed by atoms with E-state index < -0.39 is 0 Å². The molecule has 3 rings (SSSR count). The standard InChI is InChI=1S/C15H14N2OS2/c16-14(19)10-4-1-5-11(7-10)17-15(18)13-8-9-3-2-6-12(9)20-13/h1,4-5,7-8H,2-3,6H2,(H2,16,19)(H,17,18). The zero-order valence-corrected chi connectivity index (χ0v) is 12.4. The molecule has 0 radical (unpaired) electrons. The summed E-state index contributed by atoms with van der Waals surface area (Å²) in [5, 5.41) is 2.90. The van der Waals surface area contributed by atoms with Gasteiger partial charge in [0.05, 0.1) is 4.88 Å². The molecule has 0 aliphatic heterocycles. The summed E-state index contributed by atoms with van der Waals surface area (Å²) >= 11 is 6.54. The second-order valence-corrected chi connectivity index (χ2v) is 6.39. The van der Waals surface area contributed by atoms with Crippen molar-refractivity contribution in [3.63, 3.8) is 0 Å². The van der Waals surface area contributed by atoms with Crippen LogP contribution in [0.5, 0.6) is 0 Å². The molecule has 0 spiro atoms. The first-order chi connectivity index (χ1) is 9.63. The molecule has 20 heavy (non-hydrogen) atoms. The van der Waals surface area contributed by atoms with Gasteiger partial charge in [-0.15, -0.1) is 11.3 Å². The zero-order chi connectivity index (χ0) is 14.1. The van der Waals surface area contributed by atoms with Crippen molar-refractivity contribution in [1.29, 1.82) is 0 Å². The molecule has 102 valence electrons. The van der Waals surface area contributed by atoms with Gasteiger partial charge in [0.25, 0.3) is 5.91 Å². The summed E-state index contributed by atoms with van der Waals surface area (Å²) in [6.07, 6.45) is 3.40. The largest absolute Gasteiger partial charge is 0.389 e. The van der Waals surface area contributed by atoms with Crippen LogP contribution in [0.25, 0.3) is 0 Å². The second kappa shape index (κ2) is 5.34. The van der Waals surface area contributed by atoms with Gasteiger partial charge in [-0.3, -0.25) is 4.79 Å². The van der Waals surface area contributed by atoms with Crippen molar-refractivity contribution in [3.05, 3.63) is 51.2 Å². The normalized spacial score (nSPS) is 13.0. The predicted molar refractivity (Wildman–Crippen MR) is 86.6 cm³/mol. The Hall–Kier alpha value is -1.72. The van der Waals surface area contributed by atoms with Crippen molar-refractivity contribution < 1.29 is 4.79 Å². The molecule has 0 fully saturated rings. The first kappa shape index (κ1) is 13.3. The highest BCUT2D eigenvalue weighted by molar-refractivity contribution is 7.80. The van der Waals surface area contributed by atoms with Gasteiger partial charge in [-0.1, -0.05) is 24.4 Å². The summed E-state index contributed by atoms with van der Waals surface area (Å²) in [5.74, 6) is -0.0653. The van der Waals surface area contributed by atoms with Crippen molar-refractivity contribution in [2.45, 2.75) is 19.3 Å². The molecule has 1 aliphatic rings. The number of aryl methyl sites for hydroxylation is 2. The number of anilines is 1. The van der Waals surface area contributed by atoms with Gasteiger partial charge in [0.15, 0.2) is 0 Å². The SMILES string of the molecule is NC(=S)c1cccc(NC(=O)c2cc3c(s2)CCC3)c1. The van der Waals surface area contributed by atoms with E-state index in [-0.39, 0.29) is 5.91 Å². The van der Waals surface area contributed by atoms with Gasteiger partial charge in [0.1, 0.15) is 4.99 Å². The molecule has 3 nitrogen and oxygen atoms in total. The first-order valence-corrected chi connectivity index (χ1v) is 7.69. The zero-order valence-electron chi connectivity index (χ0n) is 10.8. The van der Waals surface area contributed by atoms with E-state index in [2.05, 4.69) is 5.32 Å². The topological polar surface area (TPSA) is 55.1 Å². The Labute approximate surface area is 126 Å². The molecule has 1 heterocycles. The van der Waals surface area contributed by atoms with Crippen molar-refractivity contribution in [2.24, 2.45) is 5.73 Å². The number of thiophene rings is 1. The number of fused-ring (bicyclic) bond motifs is 1. The van der Waals surface area contributed by atoms with Crippen molar-refractivity contribution in [1.82, 2.24) is 0 Å². The predicted octanol–water partition coefficient (Wildman–Crippen LogP) is 3.12.